The fourth-order valence-electron chi connectivity index (χ4n) is 1.71. The smallest absolute Gasteiger partial charge is 0.331 e. The van der Waals surface area contributed by atoms with Crippen LogP contribution in [0.4, 0.5) is 0 Å². The number of nitrogens with zero attached hydrogens (tertiary/aromatic N) is 3. The van der Waals surface area contributed by atoms with Gasteiger partial charge < -0.3 is 4.74 Å². The van der Waals surface area contributed by atoms with Crippen molar-refractivity contribution in [3.8, 4) is 0 Å². The summed E-state index contributed by atoms with van der Waals surface area (Å²) in [6.07, 6.45) is 0.357. The summed E-state index contributed by atoms with van der Waals surface area (Å²) in [7, 11) is 0. The zero-order chi connectivity index (χ0) is 13.9. The highest BCUT2D eigenvalue weighted by molar-refractivity contribution is 5.93. The maximum Gasteiger partial charge on any atom is 0.331 e. The van der Waals surface area contributed by atoms with Crippen molar-refractivity contribution in [3.63, 3.8) is 0 Å². The summed E-state index contributed by atoms with van der Waals surface area (Å²) in [6, 6.07) is -0.534. The van der Waals surface area contributed by atoms with Crippen LogP contribution in [0.1, 0.15) is 56.3 Å². The van der Waals surface area contributed by atoms with Crippen LogP contribution in [0.5, 0.6) is 0 Å². The molecule has 0 radical (unpaired) electrons. The van der Waals surface area contributed by atoms with Gasteiger partial charge in [0.25, 0.3) is 0 Å². The number of esters is 1. The highest BCUT2D eigenvalue weighted by Crippen LogP contribution is 2.17. The van der Waals surface area contributed by atoms with E-state index in [9.17, 15) is 9.59 Å². The Morgan fingerprint density at radius 3 is 2.39 bits per heavy atom. The van der Waals surface area contributed by atoms with Gasteiger partial charge in [0.05, 0.1) is 11.8 Å². The lowest BCUT2D eigenvalue weighted by atomic mass is 10.2. The summed E-state index contributed by atoms with van der Waals surface area (Å²) >= 11 is 0. The molecule has 0 aromatic carbocycles. The molecule has 0 saturated carbocycles. The van der Waals surface area contributed by atoms with Gasteiger partial charge in [0.15, 0.2) is 17.5 Å². The third-order valence-corrected chi connectivity index (χ3v) is 2.57. The molecule has 1 unspecified atom stereocenters. The Bertz CT molecular complexity index is 451. The summed E-state index contributed by atoms with van der Waals surface area (Å²) in [5, 5.41) is 7.68. The first-order valence-corrected chi connectivity index (χ1v) is 6.01. The quantitative estimate of drug-likeness (QED) is 0.589. The molecule has 0 aliphatic carbocycles. The van der Waals surface area contributed by atoms with Crippen molar-refractivity contribution < 1.29 is 14.3 Å². The van der Waals surface area contributed by atoms with Gasteiger partial charge in [-0.2, -0.15) is 0 Å². The predicted molar refractivity (Wildman–Crippen MR) is 65.3 cm³/mol. The maximum absolute atomic E-state index is 11.9. The molecule has 100 valence electrons. The van der Waals surface area contributed by atoms with Crippen LogP contribution in [0.2, 0.25) is 0 Å². The number of ketones is 1. The molecule has 0 N–H and O–H groups in total. The van der Waals surface area contributed by atoms with Crippen molar-refractivity contribution in [3.05, 3.63) is 11.4 Å². The Morgan fingerprint density at radius 1 is 1.39 bits per heavy atom. The molecular formula is C12H19N3O3. The van der Waals surface area contributed by atoms with Crippen molar-refractivity contribution in [2.45, 2.75) is 53.2 Å². The van der Waals surface area contributed by atoms with Crippen molar-refractivity contribution in [1.29, 1.82) is 0 Å². The molecule has 0 bridgehead atoms. The Kier molecular flexibility index (Phi) is 4.58. The van der Waals surface area contributed by atoms with E-state index in [1.165, 1.54) is 11.6 Å². The van der Waals surface area contributed by atoms with Crippen LogP contribution in [-0.2, 0) is 9.53 Å². The molecule has 1 aromatic rings. The molecule has 0 aliphatic rings. The number of rotatable bonds is 5. The lowest BCUT2D eigenvalue weighted by molar-refractivity contribution is -0.152. The van der Waals surface area contributed by atoms with Gasteiger partial charge in [-0.25, -0.2) is 9.48 Å². The van der Waals surface area contributed by atoms with Crippen molar-refractivity contribution in [2.75, 3.05) is 0 Å². The Hall–Kier alpha value is -1.72. The SMILES string of the molecule is CCC(C(=O)OC(C)C)n1nnc(C(C)=O)c1C. The molecule has 6 heteroatoms. The van der Waals surface area contributed by atoms with Gasteiger partial charge in [0.1, 0.15) is 0 Å². The van der Waals surface area contributed by atoms with E-state index in [2.05, 4.69) is 10.3 Å². The standard InChI is InChI=1S/C12H19N3O3/c1-6-10(12(17)18-7(2)3)15-8(4)11(9(5)16)13-14-15/h7,10H,6H2,1-5H3. The molecule has 1 atom stereocenters. The third kappa shape index (κ3) is 2.94. The first-order chi connectivity index (χ1) is 8.38. The van der Waals surface area contributed by atoms with Gasteiger partial charge >= 0.3 is 5.97 Å². The number of hydrogen-bond donors (Lipinski definition) is 0. The molecule has 0 amide bonds. The largest absolute Gasteiger partial charge is 0.461 e. The zero-order valence-corrected chi connectivity index (χ0v) is 11.4. The first kappa shape index (κ1) is 14.3. The molecule has 0 spiro atoms. The van der Waals surface area contributed by atoms with Crippen LogP contribution in [0.3, 0.4) is 0 Å². The maximum atomic E-state index is 11.9. The van der Waals surface area contributed by atoms with E-state index in [1.54, 1.807) is 20.8 Å². The number of carbonyl (C=O) groups excluding carboxylic acids is 2. The first-order valence-electron chi connectivity index (χ1n) is 6.01. The normalized spacial score (nSPS) is 12.6. The number of Topliss-reactive ketones (excluding diaryl/α,β-unsaturated/α-hetero) is 1. The number of carbonyl (C=O) groups is 2. The second-order valence-electron chi connectivity index (χ2n) is 4.43. The molecule has 6 nitrogen and oxygen atoms in total. The number of hydrogen-bond acceptors (Lipinski definition) is 5. The van der Waals surface area contributed by atoms with E-state index < -0.39 is 6.04 Å². The second-order valence-corrected chi connectivity index (χ2v) is 4.43. The van der Waals surface area contributed by atoms with Crippen LogP contribution >= 0.6 is 0 Å². The minimum Gasteiger partial charge on any atom is -0.461 e. The Labute approximate surface area is 106 Å². The average molecular weight is 253 g/mol. The fraction of sp³-hybridized carbons (Fsp3) is 0.667. The molecule has 1 rings (SSSR count). The number of ether oxygens (including phenoxy) is 1. The van der Waals surface area contributed by atoms with E-state index in [4.69, 9.17) is 4.74 Å². The van der Waals surface area contributed by atoms with Crippen LogP contribution in [-0.4, -0.2) is 32.9 Å². The third-order valence-electron chi connectivity index (χ3n) is 2.57. The molecule has 0 saturated heterocycles. The van der Waals surface area contributed by atoms with E-state index in [0.29, 0.717) is 17.8 Å². The molecule has 0 aliphatic heterocycles. The van der Waals surface area contributed by atoms with Gasteiger partial charge in [-0.05, 0) is 27.2 Å². The monoisotopic (exact) mass is 253 g/mol. The lowest BCUT2D eigenvalue weighted by Crippen LogP contribution is -2.25. The summed E-state index contributed by atoms with van der Waals surface area (Å²) < 4.78 is 6.63. The van der Waals surface area contributed by atoms with Crippen LogP contribution in [0.15, 0.2) is 0 Å². The van der Waals surface area contributed by atoms with Gasteiger partial charge in [-0.3, -0.25) is 4.79 Å². The van der Waals surface area contributed by atoms with Gasteiger partial charge in [-0.15, -0.1) is 5.10 Å². The summed E-state index contributed by atoms with van der Waals surface area (Å²) in [5.41, 5.74) is 0.890. The minimum atomic E-state index is -0.534. The van der Waals surface area contributed by atoms with Gasteiger partial charge in [0.2, 0.25) is 0 Å². The summed E-state index contributed by atoms with van der Waals surface area (Å²) in [4.78, 5) is 23.2. The Morgan fingerprint density at radius 2 is 2.00 bits per heavy atom. The molecular weight excluding hydrogens is 234 g/mol. The van der Waals surface area contributed by atoms with Crippen LogP contribution in [0, 0.1) is 6.92 Å². The summed E-state index contributed by atoms with van der Waals surface area (Å²) in [6.45, 7) is 8.59. The number of aromatic nitrogens is 3. The fourth-order valence-corrected chi connectivity index (χ4v) is 1.71. The second kappa shape index (κ2) is 5.75. The van der Waals surface area contributed by atoms with Crippen molar-refractivity contribution in [1.82, 2.24) is 15.0 Å². The van der Waals surface area contributed by atoms with Gasteiger partial charge in [0, 0.05) is 6.92 Å². The zero-order valence-electron chi connectivity index (χ0n) is 11.4. The van der Waals surface area contributed by atoms with Crippen molar-refractivity contribution >= 4 is 11.8 Å². The van der Waals surface area contributed by atoms with Crippen molar-refractivity contribution in [2.24, 2.45) is 0 Å². The van der Waals surface area contributed by atoms with E-state index in [1.807, 2.05) is 6.92 Å². The van der Waals surface area contributed by atoms with Crippen LogP contribution in [0.25, 0.3) is 0 Å². The molecule has 1 heterocycles. The highest BCUT2D eigenvalue weighted by atomic mass is 16.5. The minimum absolute atomic E-state index is 0.161. The van der Waals surface area contributed by atoms with E-state index in [0.717, 1.165) is 0 Å². The average Bonchev–Trinajstić information content (AvgIpc) is 2.61. The predicted octanol–water partition coefficient (Wildman–Crippen LogP) is 1.69. The van der Waals surface area contributed by atoms with Gasteiger partial charge in [-0.1, -0.05) is 12.1 Å². The molecule has 1 aromatic heterocycles. The van der Waals surface area contributed by atoms with E-state index >= 15 is 0 Å². The molecule has 0 fully saturated rings. The molecule has 18 heavy (non-hydrogen) atoms. The summed E-state index contributed by atoms with van der Waals surface area (Å²) in [5.74, 6) is -0.513. The highest BCUT2D eigenvalue weighted by Gasteiger charge is 2.26. The topological polar surface area (TPSA) is 74.1 Å². The Balaban J connectivity index is 3.02. The van der Waals surface area contributed by atoms with Crippen LogP contribution < -0.4 is 0 Å². The lowest BCUT2D eigenvalue weighted by Gasteiger charge is -2.17. The van der Waals surface area contributed by atoms with E-state index in [-0.39, 0.29) is 17.9 Å².